The summed E-state index contributed by atoms with van der Waals surface area (Å²) in [6.07, 6.45) is -4.34. The summed E-state index contributed by atoms with van der Waals surface area (Å²) in [4.78, 5) is 30.1. The van der Waals surface area contributed by atoms with Crippen molar-refractivity contribution in [1.29, 1.82) is 0 Å². The number of hydrogen-bond donors (Lipinski definition) is 2. The number of ether oxygens (including phenoxy) is 1. The summed E-state index contributed by atoms with van der Waals surface area (Å²) in [6.45, 7) is 1.30. The topological polar surface area (TPSA) is 93.2 Å². The number of alkyl halides is 3. The van der Waals surface area contributed by atoms with Gasteiger partial charge in [0.15, 0.2) is 5.69 Å². The number of carbonyl (C=O) groups excluding carboxylic acids is 2. The molecular formula is C15H12F4N4O3. The molecule has 0 saturated carbocycles. The lowest BCUT2D eigenvalue weighted by atomic mass is 10.2. The molecule has 0 saturated heterocycles. The molecule has 2 rings (SSSR count). The zero-order chi connectivity index (χ0) is 19.3. The van der Waals surface area contributed by atoms with E-state index in [1.165, 1.54) is 25.1 Å². The van der Waals surface area contributed by atoms with Crippen molar-refractivity contribution in [2.75, 3.05) is 12.0 Å². The predicted molar refractivity (Wildman–Crippen MR) is 80.5 cm³/mol. The smallest absolute Gasteiger partial charge is 0.434 e. The third-order valence-corrected chi connectivity index (χ3v) is 2.96. The molecule has 0 aliphatic rings. The third-order valence-electron chi connectivity index (χ3n) is 2.96. The van der Waals surface area contributed by atoms with Gasteiger partial charge in [0.05, 0.1) is 12.2 Å². The van der Waals surface area contributed by atoms with Crippen LogP contribution in [0.15, 0.2) is 30.5 Å². The SMILES string of the molecule is CCOC(=O)c1cnc(NNC(=O)c2ccccc2F)nc1C(F)(F)F. The number of benzene rings is 1. The molecule has 1 aromatic heterocycles. The Morgan fingerprint density at radius 1 is 1.19 bits per heavy atom. The fraction of sp³-hybridized carbons (Fsp3) is 0.200. The molecule has 138 valence electrons. The molecule has 0 aliphatic heterocycles. The lowest BCUT2D eigenvalue weighted by Gasteiger charge is -2.13. The number of halogens is 4. The van der Waals surface area contributed by atoms with Crippen LogP contribution in [0.3, 0.4) is 0 Å². The van der Waals surface area contributed by atoms with E-state index in [2.05, 4.69) is 14.7 Å². The maximum Gasteiger partial charge on any atom is 0.434 e. The monoisotopic (exact) mass is 372 g/mol. The van der Waals surface area contributed by atoms with Gasteiger partial charge >= 0.3 is 12.1 Å². The molecule has 0 bridgehead atoms. The van der Waals surface area contributed by atoms with Gasteiger partial charge in [0.25, 0.3) is 5.91 Å². The van der Waals surface area contributed by atoms with Crippen molar-refractivity contribution in [3.63, 3.8) is 0 Å². The predicted octanol–water partition coefficient (Wildman–Crippen LogP) is 2.57. The van der Waals surface area contributed by atoms with Gasteiger partial charge in [-0.1, -0.05) is 12.1 Å². The molecule has 7 nitrogen and oxygen atoms in total. The first kappa shape index (κ1) is 19.1. The van der Waals surface area contributed by atoms with E-state index in [4.69, 9.17) is 0 Å². The maximum absolute atomic E-state index is 13.5. The van der Waals surface area contributed by atoms with Crippen LogP contribution in [0.5, 0.6) is 0 Å². The molecule has 1 heterocycles. The standard InChI is InChI=1S/C15H12F4N4O3/c1-2-26-13(25)9-7-20-14(21-11(9)15(17,18)19)23-22-12(24)8-5-3-4-6-10(8)16/h3-7H,2H2,1H3,(H,22,24)(H,20,21,23). The summed E-state index contributed by atoms with van der Waals surface area (Å²) in [5.41, 5.74) is 1.27. The average molecular weight is 372 g/mol. The summed E-state index contributed by atoms with van der Waals surface area (Å²) < 4.78 is 57.3. The number of hydrogen-bond acceptors (Lipinski definition) is 6. The van der Waals surface area contributed by atoms with Crippen LogP contribution in [0, 0.1) is 5.82 Å². The molecule has 0 atom stereocenters. The molecule has 0 fully saturated rings. The number of hydrazine groups is 1. The van der Waals surface area contributed by atoms with Crippen molar-refractivity contribution in [2.24, 2.45) is 0 Å². The highest BCUT2D eigenvalue weighted by molar-refractivity contribution is 5.95. The second kappa shape index (κ2) is 7.76. The van der Waals surface area contributed by atoms with Crippen molar-refractivity contribution < 1.29 is 31.9 Å². The quantitative estimate of drug-likeness (QED) is 0.476. The van der Waals surface area contributed by atoms with Gasteiger partial charge in [-0.25, -0.2) is 19.2 Å². The molecule has 1 aromatic carbocycles. The number of amides is 1. The number of carbonyl (C=O) groups is 2. The normalized spacial score (nSPS) is 11.0. The summed E-state index contributed by atoms with van der Waals surface area (Å²) in [6, 6.07) is 5.00. The number of anilines is 1. The number of nitrogens with one attached hydrogen (secondary N) is 2. The van der Waals surface area contributed by atoms with E-state index >= 15 is 0 Å². The molecule has 0 spiro atoms. The van der Waals surface area contributed by atoms with E-state index in [9.17, 15) is 27.2 Å². The number of nitrogens with zero attached hydrogens (tertiary/aromatic N) is 2. The molecular weight excluding hydrogens is 360 g/mol. The Hall–Kier alpha value is -3.24. The summed E-state index contributed by atoms with van der Waals surface area (Å²) in [5.74, 6) is -3.65. The first-order valence-corrected chi connectivity index (χ1v) is 7.16. The van der Waals surface area contributed by atoms with Gasteiger partial charge in [-0.15, -0.1) is 0 Å². The Kier molecular flexibility index (Phi) is 5.70. The van der Waals surface area contributed by atoms with Crippen LogP contribution in [0.4, 0.5) is 23.5 Å². The van der Waals surface area contributed by atoms with Crippen LogP contribution in [0.2, 0.25) is 0 Å². The first-order valence-electron chi connectivity index (χ1n) is 7.16. The minimum atomic E-state index is -4.96. The highest BCUT2D eigenvalue weighted by atomic mass is 19.4. The summed E-state index contributed by atoms with van der Waals surface area (Å²) >= 11 is 0. The van der Waals surface area contributed by atoms with Crippen molar-refractivity contribution in [1.82, 2.24) is 15.4 Å². The van der Waals surface area contributed by atoms with Crippen LogP contribution in [0.1, 0.15) is 33.3 Å². The average Bonchev–Trinajstić information content (AvgIpc) is 2.59. The van der Waals surface area contributed by atoms with Gasteiger partial charge in [-0.3, -0.25) is 15.6 Å². The largest absolute Gasteiger partial charge is 0.462 e. The lowest BCUT2D eigenvalue weighted by Crippen LogP contribution is -2.31. The first-order chi connectivity index (χ1) is 12.2. The fourth-order valence-corrected chi connectivity index (χ4v) is 1.84. The minimum Gasteiger partial charge on any atom is -0.462 e. The zero-order valence-corrected chi connectivity index (χ0v) is 13.2. The van der Waals surface area contributed by atoms with E-state index < -0.39 is 41.1 Å². The van der Waals surface area contributed by atoms with Crippen LogP contribution in [-0.2, 0) is 10.9 Å². The molecule has 26 heavy (non-hydrogen) atoms. The van der Waals surface area contributed by atoms with Crippen LogP contribution in [0.25, 0.3) is 0 Å². The molecule has 1 amide bonds. The Morgan fingerprint density at radius 3 is 2.50 bits per heavy atom. The van der Waals surface area contributed by atoms with Gasteiger partial charge in [0.1, 0.15) is 11.4 Å². The summed E-state index contributed by atoms with van der Waals surface area (Å²) in [5, 5.41) is 0. The second-order valence-corrected chi connectivity index (χ2v) is 4.73. The van der Waals surface area contributed by atoms with Crippen molar-refractivity contribution in [3.8, 4) is 0 Å². The van der Waals surface area contributed by atoms with Crippen molar-refractivity contribution in [3.05, 3.63) is 53.1 Å². The molecule has 0 unspecified atom stereocenters. The summed E-state index contributed by atoms with van der Waals surface area (Å²) in [7, 11) is 0. The van der Waals surface area contributed by atoms with Crippen LogP contribution < -0.4 is 10.9 Å². The van der Waals surface area contributed by atoms with E-state index in [-0.39, 0.29) is 12.2 Å². The van der Waals surface area contributed by atoms with Crippen LogP contribution in [-0.4, -0.2) is 28.5 Å². The highest BCUT2D eigenvalue weighted by Gasteiger charge is 2.38. The molecule has 0 aliphatic carbocycles. The molecule has 2 aromatic rings. The van der Waals surface area contributed by atoms with E-state index in [0.717, 1.165) is 6.07 Å². The Bertz CT molecular complexity index is 827. The molecule has 11 heteroatoms. The Balaban J connectivity index is 2.21. The van der Waals surface area contributed by atoms with Gasteiger partial charge in [0.2, 0.25) is 5.95 Å². The third kappa shape index (κ3) is 4.43. The highest BCUT2D eigenvalue weighted by Crippen LogP contribution is 2.31. The number of esters is 1. The zero-order valence-electron chi connectivity index (χ0n) is 13.2. The van der Waals surface area contributed by atoms with E-state index in [1.807, 2.05) is 10.9 Å². The number of rotatable bonds is 5. The Labute approximate surface area is 144 Å². The van der Waals surface area contributed by atoms with Crippen LogP contribution >= 0.6 is 0 Å². The molecule has 2 N–H and O–H groups in total. The molecule has 0 radical (unpaired) electrons. The Morgan fingerprint density at radius 2 is 1.88 bits per heavy atom. The number of aromatic nitrogens is 2. The van der Waals surface area contributed by atoms with E-state index in [0.29, 0.717) is 6.20 Å². The minimum absolute atomic E-state index is 0.130. The van der Waals surface area contributed by atoms with Crippen molar-refractivity contribution in [2.45, 2.75) is 13.1 Å². The van der Waals surface area contributed by atoms with Gasteiger partial charge < -0.3 is 4.74 Å². The van der Waals surface area contributed by atoms with Gasteiger partial charge in [0, 0.05) is 6.20 Å². The van der Waals surface area contributed by atoms with Gasteiger partial charge in [-0.2, -0.15) is 13.2 Å². The van der Waals surface area contributed by atoms with Gasteiger partial charge in [-0.05, 0) is 19.1 Å². The maximum atomic E-state index is 13.5. The van der Waals surface area contributed by atoms with E-state index in [1.54, 1.807) is 0 Å². The fourth-order valence-electron chi connectivity index (χ4n) is 1.84. The lowest BCUT2D eigenvalue weighted by molar-refractivity contribution is -0.141. The van der Waals surface area contributed by atoms with Crippen molar-refractivity contribution >= 4 is 17.8 Å². The second-order valence-electron chi connectivity index (χ2n) is 4.73.